The van der Waals surface area contributed by atoms with Gasteiger partial charge in [0.25, 0.3) is 5.56 Å². The van der Waals surface area contributed by atoms with E-state index in [0.29, 0.717) is 0 Å². The molecular weight excluding hydrogens is 188 g/mol. The predicted octanol–water partition coefficient (Wildman–Crippen LogP) is 1.85. The molecule has 0 amide bonds. The van der Waals surface area contributed by atoms with E-state index in [1.165, 1.54) is 4.68 Å². The second-order valence-electron chi connectivity index (χ2n) is 3.57. The van der Waals surface area contributed by atoms with Crippen molar-refractivity contribution in [2.45, 2.75) is 13.8 Å². The van der Waals surface area contributed by atoms with E-state index in [1.54, 1.807) is 12.3 Å². The van der Waals surface area contributed by atoms with Gasteiger partial charge in [-0.3, -0.25) is 4.79 Å². The Morgan fingerprint density at radius 3 is 2.60 bits per heavy atom. The molecule has 76 valence electrons. The molecule has 0 unspecified atom stereocenters. The molecule has 0 aliphatic carbocycles. The van der Waals surface area contributed by atoms with Crippen LogP contribution >= 0.6 is 0 Å². The summed E-state index contributed by atoms with van der Waals surface area (Å²) >= 11 is 0. The average molecular weight is 200 g/mol. The number of para-hydroxylation sites is 1. The summed E-state index contributed by atoms with van der Waals surface area (Å²) < 4.78 is 1.42. The molecule has 0 radical (unpaired) electrons. The first-order chi connectivity index (χ1) is 7.18. The van der Waals surface area contributed by atoms with E-state index in [9.17, 15) is 4.79 Å². The maximum absolute atomic E-state index is 11.7. The van der Waals surface area contributed by atoms with Crippen molar-refractivity contribution in [3.63, 3.8) is 0 Å². The molecule has 3 nitrogen and oxygen atoms in total. The van der Waals surface area contributed by atoms with E-state index in [0.717, 1.165) is 16.8 Å². The Kier molecular flexibility index (Phi) is 2.37. The van der Waals surface area contributed by atoms with Crippen LogP contribution in [0.25, 0.3) is 5.69 Å². The molecule has 1 aromatic carbocycles. The Morgan fingerprint density at radius 2 is 1.93 bits per heavy atom. The quantitative estimate of drug-likeness (QED) is 0.704. The van der Waals surface area contributed by atoms with Crippen molar-refractivity contribution in [2.75, 3.05) is 0 Å². The van der Waals surface area contributed by atoms with Crippen LogP contribution in [0.15, 0.2) is 41.3 Å². The molecule has 0 saturated heterocycles. The van der Waals surface area contributed by atoms with Gasteiger partial charge in [-0.25, -0.2) is 0 Å². The number of hydrogen-bond acceptors (Lipinski definition) is 2. The summed E-state index contributed by atoms with van der Waals surface area (Å²) in [6, 6.07) is 9.27. The summed E-state index contributed by atoms with van der Waals surface area (Å²) in [4.78, 5) is 11.7. The molecule has 0 fully saturated rings. The van der Waals surface area contributed by atoms with Gasteiger partial charge in [0.1, 0.15) is 0 Å². The first-order valence-electron chi connectivity index (χ1n) is 4.80. The van der Waals surface area contributed by atoms with E-state index < -0.39 is 0 Å². The van der Waals surface area contributed by atoms with Crippen LogP contribution in [0.3, 0.4) is 0 Å². The summed E-state index contributed by atoms with van der Waals surface area (Å²) in [6.45, 7) is 3.82. The molecule has 1 aromatic heterocycles. The Balaban J connectivity index is 2.65. The summed E-state index contributed by atoms with van der Waals surface area (Å²) in [6.07, 6.45) is 1.69. The standard InChI is InChI=1S/C12H12N2O/c1-9-7-12(15)14(13-8-9)11-6-4-3-5-10(11)2/h3-8H,1-2H3. The molecule has 2 aromatic rings. The predicted molar refractivity (Wildman–Crippen MR) is 59.3 cm³/mol. The lowest BCUT2D eigenvalue weighted by Gasteiger charge is -2.06. The lowest BCUT2D eigenvalue weighted by Crippen LogP contribution is -2.20. The lowest BCUT2D eigenvalue weighted by molar-refractivity contribution is 0.795. The fourth-order valence-electron chi connectivity index (χ4n) is 1.48. The number of nitrogens with zero attached hydrogens (tertiary/aromatic N) is 2. The van der Waals surface area contributed by atoms with E-state index in [2.05, 4.69) is 5.10 Å². The van der Waals surface area contributed by atoms with Crippen molar-refractivity contribution < 1.29 is 0 Å². The Morgan fingerprint density at radius 1 is 1.20 bits per heavy atom. The number of aryl methyl sites for hydroxylation is 2. The zero-order chi connectivity index (χ0) is 10.8. The molecule has 0 bridgehead atoms. The highest BCUT2D eigenvalue weighted by atomic mass is 16.1. The van der Waals surface area contributed by atoms with Crippen molar-refractivity contribution in [2.24, 2.45) is 0 Å². The smallest absolute Gasteiger partial charge is 0.267 e. The van der Waals surface area contributed by atoms with Crippen LogP contribution in [0.1, 0.15) is 11.1 Å². The third-order valence-corrected chi connectivity index (χ3v) is 2.28. The summed E-state index contributed by atoms with van der Waals surface area (Å²) in [5.74, 6) is 0. The number of hydrogen-bond donors (Lipinski definition) is 0. The molecule has 0 saturated carbocycles. The number of aromatic nitrogens is 2. The summed E-state index contributed by atoms with van der Waals surface area (Å²) in [5.41, 5.74) is 2.66. The monoisotopic (exact) mass is 200 g/mol. The molecule has 0 aliphatic rings. The number of rotatable bonds is 1. The van der Waals surface area contributed by atoms with E-state index in [-0.39, 0.29) is 5.56 Å². The first-order valence-corrected chi connectivity index (χ1v) is 4.80. The van der Waals surface area contributed by atoms with Crippen LogP contribution in [0.2, 0.25) is 0 Å². The van der Waals surface area contributed by atoms with Gasteiger partial charge >= 0.3 is 0 Å². The van der Waals surface area contributed by atoms with Gasteiger partial charge in [-0.05, 0) is 31.0 Å². The third-order valence-electron chi connectivity index (χ3n) is 2.28. The van der Waals surface area contributed by atoms with Crippen LogP contribution < -0.4 is 5.56 Å². The normalized spacial score (nSPS) is 10.3. The highest BCUT2D eigenvalue weighted by Crippen LogP contribution is 2.09. The van der Waals surface area contributed by atoms with Crippen LogP contribution in [-0.4, -0.2) is 9.78 Å². The molecular formula is C12H12N2O. The Bertz CT molecular complexity index is 543. The molecule has 1 heterocycles. The van der Waals surface area contributed by atoms with Crippen molar-refractivity contribution in [1.82, 2.24) is 9.78 Å². The van der Waals surface area contributed by atoms with E-state index >= 15 is 0 Å². The summed E-state index contributed by atoms with van der Waals surface area (Å²) in [7, 11) is 0. The SMILES string of the molecule is Cc1cnn(-c2ccccc2C)c(=O)c1. The van der Waals surface area contributed by atoms with Gasteiger partial charge in [0, 0.05) is 6.07 Å². The van der Waals surface area contributed by atoms with Gasteiger partial charge in [0.15, 0.2) is 0 Å². The third kappa shape index (κ3) is 1.81. The molecule has 15 heavy (non-hydrogen) atoms. The molecule has 2 rings (SSSR count). The zero-order valence-electron chi connectivity index (χ0n) is 8.77. The van der Waals surface area contributed by atoms with Crippen LogP contribution in [0.4, 0.5) is 0 Å². The van der Waals surface area contributed by atoms with Crippen molar-refractivity contribution in [3.8, 4) is 5.69 Å². The second kappa shape index (κ2) is 3.69. The van der Waals surface area contributed by atoms with Gasteiger partial charge < -0.3 is 0 Å². The molecule has 0 aliphatic heterocycles. The minimum Gasteiger partial charge on any atom is -0.267 e. The topological polar surface area (TPSA) is 34.9 Å². The maximum Gasteiger partial charge on any atom is 0.271 e. The van der Waals surface area contributed by atoms with Gasteiger partial charge in [0.05, 0.1) is 11.9 Å². The Labute approximate surface area is 88.0 Å². The molecule has 3 heteroatoms. The fourth-order valence-corrected chi connectivity index (χ4v) is 1.48. The minimum absolute atomic E-state index is 0.0932. The van der Waals surface area contributed by atoms with Crippen LogP contribution in [0.5, 0.6) is 0 Å². The Hall–Kier alpha value is -1.90. The van der Waals surface area contributed by atoms with E-state index in [1.807, 2.05) is 38.1 Å². The van der Waals surface area contributed by atoms with Crippen molar-refractivity contribution in [3.05, 3.63) is 58.0 Å². The fraction of sp³-hybridized carbons (Fsp3) is 0.167. The highest BCUT2D eigenvalue weighted by molar-refractivity contribution is 5.38. The van der Waals surface area contributed by atoms with Gasteiger partial charge in [-0.1, -0.05) is 18.2 Å². The van der Waals surface area contributed by atoms with E-state index in [4.69, 9.17) is 0 Å². The van der Waals surface area contributed by atoms with Crippen molar-refractivity contribution >= 4 is 0 Å². The minimum atomic E-state index is -0.0932. The first kappa shape index (κ1) is 9.65. The van der Waals surface area contributed by atoms with Crippen molar-refractivity contribution in [1.29, 1.82) is 0 Å². The van der Waals surface area contributed by atoms with Crippen LogP contribution in [0, 0.1) is 13.8 Å². The molecule has 0 spiro atoms. The number of benzene rings is 1. The largest absolute Gasteiger partial charge is 0.271 e. The molecule has 0 N–H and O–H groups in total. The zero-order valence-corrected chi connectivity index (χ0v) is 8.77. The highest BCUT2D eigenvalue weighted by Gasteiger charge is 2.02. The average Bonchev–Trinajstić information content (AvgIpc) is 2.20. The molecule has 0 atom stereocenters. The van der Waals surface area contributed by atoms with Gasteiger partial charge in [-0.2, -0.15) is 9.78 Å². The maximum atomic E-state index is 11.7. The van der Waals surface area contributed by atoms with Gasteiger partial charge in [0.2, 0.25) is 0 Å². The van der Waals surface area contributed by atoms with Crippen LogP contribution in [-0.2, 0) is 0 Å². The van der Waals surface area contributed by atoms with Gasteiger partial charge in [-0.15, -0.1) is 0 Å². The lowest BCUT2D eigenvalue weighted by atomic mass is 10.2. The summed E-state index contributed by atoms with van der Waals surface area (Å²) in [5, 5.41) is 4.11. The second-order valence-corrected chi connectivity index (χ2v) is 3.57.